The summed E-state index contributed by atoms with van der Waals surface area (Å²) in [6.07, 6.45) is 0. The van der Waals surface area contributed by atoms with Crippen molar-refractivity contribution >= 4 is 35.2 Å². The van der Waals surface area contributed by atoms with Crippen LogP contribution < -0.4 is 10.6 Å². The Morgan fingerprint density at radius 3 is 2.54 bits per heavy atom. The van der Waals surface area contributed by atoms with Gasteiger partial charge in [0.05, 0.1) is 11.6 Å². The lowest BCUT2D eigenvalue weighted by Gasteiger charge is -2.09. The van der Waals surface area contributed by atoms with Crippen molar-refractivity contribution in [1.29, 1.82) is 0 Å². The fourth-order valence-corrected chi connectivity index (χ4v) is 2.77. The van der Waals surface area contributed by atoms with Crippen LogP contribution in [0.3, 0.4) is 0 Å². The van der Waals surface area contributed by atoms with Crippen LogP contribution in [0, 0.1) is 0 Å². The predicted molar refractivity (Wildman–Crippen MR) is 93.2 cm³/mol. The fourth-order valence-electron chi connectivity index (χ4n) is 1.76. The van der Waals surface area contributed by atoms with Crippen molar-refractivity contribution in [3.63, 3.8) is 0 Å². The molecule has 1 aromatic heterocycles. The van der Waals surface area contributed by atoms with Crippen LogP contribution in [-0.2, 0) is 4.79 Å². The van der Waals surface area contributed by atoms with Crippen LogP contribution in [0.25, 0.3) is 0 Å². The zero-order chi connectivity index (χ0) is 17.5. The Morgan fingerprint density at radius 2 is 1.92 bits per heavy atom. The maximum atomic E-state index is 11.9. The number of nitrogens with one attached hydrogen (secondary N) is 2. The van der Waals surface area contributed by atoms with Crippen molar-refractivity contribution < 1.29 is 9.59 Å². The number of halogens is 1. The topological polar surface area (TPSA) is 84.0 Å². The number of hydrogen-bond donors (Lipinski definition) is 2. The quantitative estimate of drug-likeness (QED) is 0.822. The second-order valence-electron chi connectivity index (χ2n) is 5.19. The van der Waals surface area contributed by atoms with Crippen LogP contribution >= 0.6 is 23.4 Å². The molecule has 2 aromatic rings. The van der Waals surface area contributed by atoms with Gasteiger partial charge in [0.2, 0.25) is 5.91 Å². The van der Waals surface area contributed by atoms with Crippen LogP contribution in [0.4, 0.5) is 0 Å². The number of nitrogens with zero attached hydrogens (tertiary/aromatic N) is 2. The van der Waals surface area contributed by atoms with Gasteiger partial charge in [-0.3, -0.25) is 9.59 Å². The van der Waals surface area contributed by atoms with Gasteiger partial charge in [-0.15, -0.1) is 10.2 Å². The van der Waals surface area contributed by atoms with Crippen molar-refractivity contribution in [3.05, 3.63) is 47.1 Å². The van der Waals surface area contributed by atoms with E-state index in [1.807, 2.05) is 32.0 Å². The minimum Gasteiger partial charge on any atom is -0.352 e. The summed E-state index contributed by atoms with van der Waals surface area (Å²) in [7, 11) is 0. The van der Waals surface area contributed by atoms with Crippen LogP contribution in [0.15, 0.2) is 46.3 Å². The molecule has 0 fully saturated rings. The van der Waals surface area contributed by atoms with Gasteiger partial charge >= 0.3 is 0 Å². The van der Waals surface area contributed by atoms with Crippen molar-refractivity contribution in [2.75, 3.05) is 6.54 Å². The minimum absolute atomic E-state index is 0.0234. The normalized spacial score (nSPS) is 10.5. The number of carbonyl (C=O) groups excluding carboxylic acids is 2. The van der Waals surface area contributed by atoms with E-state index in [1.165, 1.54) is 11.8 Å². The molecule has 1 heterocycles. The first-order chi connectivity index (χ1) is 11.5. The first kappa shape index (κ1) is 18.2. The van der Waals surface area contributed by atoms with E-state index in [0.29, 0.717) is 10.0 Å². The Labute approximate surface area is 149 Å². The molecule has 0 saturated carbocycles. The standard InChI is InChI=1S/C16H17ClN4O2S/c1-10(2)19-14(22)9-18-16(23)12-7-8-15(21-20-12)24-13-6-4-3-5-11(13)17/h3-8,10H,9H2,1-2H3,(H,18,23)(H,19,22). The highest BCUT2D eigenvalue weighted by atomic mass is 35.5. The highest BCUT2D eigenvalue weighted by Crippen LogP contribution is 2.31. The third-order valence-corrected chi connectivity index (χ3v) is 4.23. The van der Waals surface area contributed by atoms with E-state index in [-0.39, 0.29) is 24.2 Å². The zero-order valence-corrected chi connectivity index (χ0v) is 14.8. The Hall–Kier alpha value is -2.12. The zero-order valence-electron chi connectivity index (χ0n) is 13.2. The van der Waals surface area contributed by atoms with E-state index in [2.05, 4.69) is 20.8 Å². The monoisotopic (exact) mass is 364 g/mol. The molecule has 2 rings (SSSR count). The summed E-state index contributed by atoms with van der Waals surface area (Å²) in [6.45, 7) is 3.59. The van der Waals surface area contributed by atoms with Crippen LogP contribution in [0.2, 0.25) is 5.02 Å². The molecule has 8 heteroatoms. The highest BCUT2D eigenvalue weighted by molar-refractivity contribution is 7.99. The first-order valence-electron chi connectivity index (χ1n) is 7.29. The number of benzene rings is 1. The Bertz CT molecular complexity index is 722. The molecule has 0 aliphatic rings. The summed E-state index contributed by atoms with van der Waals surface area (Å²) in [6, 6.07) is 10.7. The molecule has 0 saturated heterocycles. The molecule has 0 radical (unpaired) electrons. The molecule has 0 unspecified atom stereocenters. The van der Waals surface area contributed by atoms with Crippen LogP contribution in [0.1, 0.15) is 24.3 Å². The average molecular weight is 365 g/mol. The molecule has 24 heavy (non-hydrogen) atoms. The maximum absolute atomic E-state index is 11.9. The Kier molecular flexibility index (Phi) is 6.57. The van der Waals surface area contributed by atoms with Crippen molar-refractivity contribution in [3.8, 4) is 0 Å². The summed E-state index contributed by atoms with van der Waals surface area (Å²) >= 11 is 7.45. The second kappa shape index (κ2) is 8.65. The molecule has 0 aliphatic heterocycles. The summed E-state index contributed by atoms with van der Waals surface area (Å²) in [5, 5.41) is 14.3. The minimum atomic E-state index is -0.448. The van der Waals surface area contributed by atoms with E-state index >= 15 is 0 Å². The maximum Gasteiger partial charge on any atom is 0.272 e. The summed E-state index contributed by atoms with van der Waals surface area (Å²) in [5.41, 5.74) is 0.149. The van der Waals surface area contributed by atoms with Crippen molar-refractivity contribution in [1.82, 2.24) is 20.8 Å². The van der Waals surface area contributed by atoms with Crippen LogP contribution in [0.5, 0.6) is 0 Å². The highest BCUT2D eigenvalue weighted by Gasteiger charge is 2.11. The third-order valence-electron chi connectivity index (χ3n) is 2.78. The van der Waals surface area contributed by atoms with E-state index in [4.69, 9.17) is 11.6 Å². The molecule has 0 atom stereocenters. The SMILES string of the molecule is CC(C)NC(=O)CNC(=O)c1ccc(Sc2ccccc2Cl)nn1. The van der Waals surface area contributed by atoms with Gasteiger partial charge in [0.15, 0.2) is 5.69 Å². The lowest BCUT2D eigenvalue weighted by molar-refractivity contribution is -0.120. The van der Waals surface area contributed by atoms with Gasteiger partial charge in [0.25, 0.3) is 5.91 Å². The number of amides is 2. The van der Waals surface area contributed by atoms with Gasteiger partial charge in [-0.25, -0.2) is 0 Å². The molecule has 0 spiro atoms. The van der Waals surface area contributed by atoms with Gasteiger partial charge in [0.1, 0.15) is 5.03 Å². The number of hydrogen-bond acceptors (Lipinski definition) is 5. The molecule has 126 valence electrons. The first-order valence-corrected chi connectivity index (χ1v) is 8.49. The van der Waals surface area contributed by atoms with Crippen molar-refractivity contribution in [2.45, 2.75) is 29.8 Å². The van der Waals surface area contributed by atoms with Gasteiger partial charge in [-0.1, -0.05) is 35.5 Å². The molecule has 6 nitrogen and oxygen atoms in total. The van der Waals surface area contributed by atoms with E-state index in [1.54, 1.807) is 18.2 Å². The largest absolute Gasteiger partial charge is 0.352 e. The van der Waals surface area contributed by atoms with Gasteiger partial charge in [0, 0.05) is 10.9 Å². The predicted octanol–water partition coefficient (Wildman–Crippen LogP) is 2.54. The summed E-state index contributed by atoms with van der Waals surface area (Å²) < 4.78 is 0. The molecule has 2 N–H and O–H groups in total. The number of rotatable bonds is 6. The Morgan fingerprint density at radius 1 is 1.17 bits per heavy atom. The third kappa shape index (κ3) is 5.50. The van der Waals surface area contributed by atoms with E-state index in [0.717, 1.165) is 4.90 Å². The lowest BCUT2D eigenvalue weighted by atomic mass is 10.3. The number of aromatic nitrogens is 2. The molecule has 2 amide bonds. The average Bonchev–Trinajstić information content (AvgIpc) is 2.55. The summed E-state index contributed by atoms with van der Waals surface area (Å²) in [4.78, 5) is 24.3. The molecular formula is C16H17ClN4O2S. The summed E-state index contributed by atoms with van der Waals surface area (Å²) in [5.74, 6) is -0.701. The van der Waals surface area contributed by atoms with Gasteiger partial charge in [-0.2, -0.15) is 0 Å². The Balaban J connectivity index is 1.93. The second-order valence-corrected chi connectivity index (χ2v) is 6.66. The molecular weight excluding hydrogens is 348 g/mol. The fraction of sp³-hybridized carbons (Fsp3) is 0.250. The van der Waals surface area contributed by atoms with Gasteiger partial charge in [-0.05, 0) is 38.1 Å². The van der Waals surface area contributed by atoms with E-state index < -0.39 is 5.91 Å². The molecule has 0 aliphatic carbocycles. The van der Waals surface area contributed by atoms with E-state index in [9.17, 15) is 9.59 Å². The van der Waals surface area contributed by atoms with Crippen LogP contribution in [-0.4, -0.2) is 34.6 Å². The smallest absolute Gasteiger partial charge is 0.272 e. The number of carbonyl (C=O) groups is 2. The van der Waals surface area contributed by atoms with Crippen molar-refractivity contribution in [2.24, 2.45) is 0 Å². The molecule has 0 bridgehead atoms. The van der Waals surface area contributed by atoms with Gasteiger partial charge < -0.3 is 10.6 Å². The molecule has 1 aromatic carbocycles. The lowest BCUT2D eigenvalue weighted by Crippen LogP contribution is -2.40.